The summed E-state index contributed by atoms with van der Waals surface area (Å²) < 4.78 is 37.5. The van der Waals surface area contributed by atoms with E-state index in [2.05, 4.69) is 0 Å². The van der Waals surface area contributed by atoms with Crippen molar-refractivity contribution in [2.45, 2.75) is 16.3 Å². The zero-order valence-corrected chi connectivity index (χ0v) is 10.0. The van der Waals surface area contributed by atoms with Gasteiger partial charge in [0.05, 0.1) is 10.0 Å². The smallest absolute Gasteiger partial charge is 0.169 e. The predicted molar refractivity (Wildman–Crippen MR) is 61.2 cm³/mol. The van der Waals surface area contributed by atoms with Gasteiger partial charge in [-0.15, -0.1) is 11.8 Å². The first-order valence-electron chi connectivity index (χ1n) is 4.28. The Morgan fingerprint density at radius 3 is 2.38 bits per heavy atom. The highest BCUT2D eigenvalue weighted by Gasteiger charge is 2.40. The molecule has 0 N–H and O–H groups in total. The van der Waals surface area contributed by atoms with Crippen LogP contribution in [-0.2, 0) is 0 Å². The van der Waals surface area contributed by atoms with Crippen LogP contribution >= 0.6 is 35.0 Å². The van der Waals surface area contributed by atoms with Crippen LogP contribution in [0.2, 0.25) is 10.0 Å². The van der Waals surface area contributed by atoms with Crippen LogP contribution in [0.25, 0.3) is 6.08 Å². The Balaban J connectivity index is 2.38. The van der Waals surface area contributed by atoms with Gasteiger partial charge in [-0.25, -0.2) is 0 Å². The standard InChI is InChI=1S/C10H5Cl2F3S/c11-6-3-5-1-2-9(10(13,14)15)16-8(5)4-7(6)12/h1-4,9H. The number of hydrogen-bond acceptors (Lipinski definition) is 1. The van der Waals surface area contributed by atoms with Crippen LogP contribution in [-0.4, -0.2) is 11.4 Å². The molecule has 1 atom stereocenters. The number of fused-ring (bicyclic) bond motifs is 1. The molecule has 16 heavy (non-hydrogen) atoms. The number of benzene rings is 1. The normalized spacial score (nSPS) is 19.7. The molecule has 1 aliphatic rings. The van der Waals surface area contributed by atoms with E-state index in [4.69, 9.17) is 23.2 Å². The lowest BCUT2D eigenvalue weighted by atomic mass is 10.2. The molecule has 0 aromatic heterocycles. The fourth-order valence-electron chi connectivity index (χ4n) is 1.32. The topological polar surface area (TPSA) is 0 Å². The Morgan fingerprint density at radius 2 is 1.75 bits per heavy atom. The monoisotopic (exact) mass is 284 g/mol. The second kappa shape index (κ2) is 4.17. The third-order valence-corrected chi connectivity index (χ3v) is 4.09. The molecule has 0 saturated heterocycles. The largest absolute Gasteiger partial charge is 0.404 e. The summed E-state index contributed by atoms with van der Waals surface area (Å²) in [6.07, 6.45) is -1.70. The highest BCUT2D eigenvalue weighted by Crippen LogP contribution is 2.43. The van der Waals surface area contributed by atoms with Crippen molar-refractivity contribution >= 4 is 41.0 Å². The molecule has 1 heterocycles. The maximum absolute atomic E-state index is 12.5. The Bertz CT molecular complexity index is 454. The number of rotatable bonds is 0. The summed E-state index contributed by atoms with van der Waals surface area (Å²) in [7, 11) is 0. The highest BCUT2D eigenvalue weighted by atomic mass is 35.5. The molecule has 0 saturated carbocycles. The Labute approximate surface area is 104 Å². The number of halogens is 5. The first kappa shape index (κ1) is 12.1. The van der Waals surface area contributed by atoms with Gasteiger partial charge in [-0.3, -0.25) is 0 Å². The minimum absolute atomic E-state index is 0.268. The number of alkyl halides is 3. The van der Waals surface area contributed by atoms with Gasteiger partial charge in [-0.05, 0) is 17.7 Å². The SMILES string of the molecule is FC(F)(F)C1C=Cc2cc(Cl)c(Cl)cc2S1. The summed E-state index contributed by atoms with van der Waals surface area (Å²) in [6, 6.07) is 3.03. The fourth-order valence-corrected chi connectivity index (χ4v) is 2.73. The van der Waals surface area contributed by atoms with E-state index in [0.717, 1.165) is 17.8 Å². The minimum atomic E-state index is -4.25. The van der Waals surface area contributed by atoms with Crippen molar-refractivity contribution < 1.29 is 13.2 Å². The lowest BCUT2D eigenvalue weighted by Crippen LogP contribution is -2.24. The molecule has 0 aliphatic carbocycles. The maximum atomic E-state index is 12.5. The third-order valence-electron chi connectivity index (χ3n) is 2.08. The van der Waals surface area contributed by atoms with Crippen LogP contribution in [0.4, 0.5) is 13.2 Å². The summed E-state index contributed by atoms with van der Waals surface area (Å²) >= 11 is 12.3. The molecule has 0 bridgehead atoms. The molecule has 0 fully saturated rings. The van der Waals surface area contributed by atoms with Gasteiger partial charge in [-0.2, -0.15) is 13.2 Å². The van der Waals surface area contributed by atoms with Crippen molar-refractivity contribution in [3.05, 3.63) is 33.8 Å². The van der Waals surface area contributed by atoms with E-state index < -0.39 is 11.4 Å². The molecule has 0 nitrogen and oxygen atoms in total. The van der Waals surface area contributed by atoms with E-state index in [1.165, 1.54) is 12.1 Å². The minimum Gasteiger partial charge on any atom is -0.169 e. The third kappa shape index (κ3) is 2.34. The van der Waals surface area contributed by atoms with Crippen molar-refractivity contribution in [1.82, 2.24) is 0 Å². The molecular weight excluding hydrogens is 280 g/mol. The van der Waals surface area contributed by atoms with Gasteiger partial charge >= 0.3 is 6.18 Å². The van der Waals surface area contributed by atoms with Gasteiger partial charge in [0.2, 0.25) is 0 Å². The molecule has 0 amide bonds. The Morgan fingerprint density at radius 1 is 1.12 bits per heavy atom. The average molecular weight is 285 g/mol. The summed E-state index contributed by atoms with van der Waals surface area (Å²) in [4.78, 5) is 0.499. The average Bonchev–Trinajstić information content (AvgIpc) is 2.17. The molecule has 6 heteroatoms. The van der Waals surface area contributed by atoms with Gasteiger partial charge < -0.3 is 0 Å². The second-order valence-electron chi connectivity index (χ2n) is 3.24. The van der Waals surface area contributed by atoms with Crippen molar-refractivity contribution in [2.24, 2.45) is 0 Å². The molecular formula is C10H5Cl2F3S. The molecule has 1 aromatic rings. The summed E-state index contributed by atoms with van der Waals surface area (Å²) in [5, 5.41) is -0.905. The molecule has 0 radical (unpaired) electrons. The van der Waals surface area contributed by atoms with Crippen molar-refractivity contribution in [1.29, 1.82) is 0 Å². The Kier molecular flexibility index (Phi) is 3.16. The van der Waals surface area contributed by atoms with Crippen LogP contribution in [0.15, 0.2) is 23.1 Å². The van der Waals surface area contributed by atoms with Crippen molar-refractivity contribution in [2.75, 3.05) is 0 Å². The van der Waals surface area contributed by atoms with E-state index in [1.807, 2.05) is 0 Å². The van der Waals surface area contributed by atoms with E-state index in [-0.39, 0.29) is 5.02 Å². The van der Waals surface area contributed by atoms with Crippen LogP contribution in [0.3, 0.4) is 0 Å². The highest BCUT2D eigenvalue weighted by molar-refractivity contribution is 8.00. The quantitative estimate of drug-likeness (QED) is 0.643. The van der Waals surface area contributed by atoms with Crippen LogP contribution in [0.5, 0.6) is 0 Å². The van der Waals surface area contributed by atoms with E-state index in [9.17, 15) is 13.2 Å². The molecule has 1 unspecified atom stereocenters. The van der Waals surface area contributed by atoms with Crippen molar-refractivity contribution in [3.63, 3.8) is 0 Å². The van der Waals surface area contributed by atoms with Crippen LogP contribution in [0, 0.1) is 0 Å². The summed E-state index contributed by atoms with van der Waals surface area (Å²) in [5.74, 6) is 0. The molecule has 86 valence electrons. The van der Waals surface area contributed by atoms with Gasteiger partial charge in [0.15, 0.2) is 0 Å². The molecule has 1 aromatic carbocycles. The summed E-state index contributed by atoms with van der Waals surface area (Å²) in [6.45, 7) is 0. The summed E-state index contributed by atoms with van der Waals surface area (Å²) in [5.41, 5.74) is 0.667. The molecule has 2 rings (SSSR count). The number of thioether (sulfide) groups is 1. The fraction of sp³-hybridized carbons (Fsp3) is 0.200. The second-order valence-corrected chi connectivity index (χ2v) is 5.24. The van der Waals surface area contributed by atoms with Crippen LogP contribution in [0.1, 0.15) is 5.56 Å². The zero-order valence-electron chi connectivity index (χ0n) is 7.68. The van der Waals surface area contributed by atoms with Crippen LogP contribution < -0.4 is 0 Å². The lowest BCUT2D eigenvalue weighted by Gasteiger charge is -2.21. The van der Waals surface area contributed by atoms with E-state index >= 15 is 0 Å². The number of hydrogen-bond donors (Lipinski definition) is 0. The van der Waals surface area contributed by atoms with Gasteiger partial charge in [-0.1, -0.05) is 35.4 Å². The van der Waals surface area contributed by atoms with Gasteiger partial charge in [0, 0.05) is 4.90 Å². The predicted octanol–water partition coefficient (Wildman–Crippen LogP) is 5.04. The first-order valence-corrected chi connectivity index (χ1v) is 5.92. The molecule has 1 aliphatic heterocycles. The molecule has 0 spiro atoms. The zero-order chi connectivity index (χ0) is 11.9. The van der Waals surface area contributed by atoms with E-state index in [1.54, 1.807) is 6.07 Å². The van der Waals surface area contributed by atoms with E-state index in [0.29, 0.717) is 15.5 Å². The first-order chi connectivity index (χ1) is 7.38. The van der Waals surface area contributed by atoms with Gasteiger partial charge in [0.25, 0.3) is 0 Å². The lowest BCUT2D eigenvalue weighted by molar-refractivity contribution is -0.119. The Hall–Kier alpha value is -0.320. The maximum Gasteiger partial charge on any atom is 0.404 e. The van der Waals surface area contributed by atoms with Crippen molar-refractivity contribution in [3.8, 4) is 0 Å². The van der Waals surface area contributed by atoms with Gasteiger partial charge in [0.1, 0.15) is 5.25 Å².